The molecule has 2 rings (SSSR count). The van der Waals surface area contributed by atoms with Crippen LogP contribution in [-0.2, 0) is 12.8 Å². The molecule has 0 aliphatic heterocycles. The van der Waals surface area contributed by atoms with Crippen molar-refractivity contribution >= 4 is 41.8 Å². The number of rotatable bonds is 2. The Bertz CT molecular complexity index is 514. The number of hydrogen-bond donors (Lipinski definition) is 0. The zero-order valence-corrected chi connectivity index (χ0v) is 15.2. The lowest BCUT2D eigenvalue weighted by Crippen LogP contribution is -2.22. The average Bonchev–Trinajstić information content (AvgIpc) is 2.46. The topological polar surface area (TPSA) is 17.3 Å². The molecule has 0 amide bonds. The van der Waals surface area contributed by atoms with E-state index in [2.05, 4.69) is 54.9 Å². The van der Waals surface area contributed by atoms with Gasteiger partial charge in [0.05, 0.1) is 7.85 Å². The predicted molar refractivity (Wildman–Crippen MR) is 92.5 cm³/mol. The van der Waals surface area contributed by atoms with Crippen LogP contribution in [0.5, 0.6) is 0 Å². The molecule has 0 saturated carbocycles. The van der Waals surface area contributed by atoms with Gasteiger partial charge in [0.1, 0.15) is 0 Å². The molecule has 5 heteroatoms. The predicted octanol–water partition coefficient (Wildman–Crippen LogP) is 3.62. The van der Waals surface area contributed by atoms with Crippen molar-refractivity contribution in [2.24, 2.45) is 4.99 Å². The second-order valence-electron chi connectivity index (χ2n) is 6.01. The van der Waals surface area contributed by atoms with Gasteiger partial charge in [-0.15, -0.1) is 11.3 Å². The fourth-order valence-electron chi connectivity index (χ4n) is 2.61. The second-order valence-corrected chi connectivity index (χ2v) is 9.22. The highest BCUT2D eigenvalue weighted by atomic mass is 127. The molecule has 0 spiro atoms. The van der Waals surface area contributed by atoms with Gasteiger partial charge < -0.3 is 4.57 Å². The number of aromatic nitrogens is 1. The maximum absolute atomic E-state index is 6.38. The highest BCUT2D eigenvalue weighted by Gasteiger charge is 2.28. The molecule has 1 aliphatic carbocycles. The van der Waals surface area contributed by atoms with Crippen molar-refractivity contribution in [1.29, 1.82) is 0 Å². The minimum Gasteiger partial charge on any atom is -0.318 e. The Morgan fingerprint density at radius 3 is 2.63 bits per heavy atom. The van der Waals surface area contributed by atoms with Crippen LogP contribution >= 0.6 is 33.9 Å². The molecule has 0 saturated heterocycles. The monoisotopic (exact) mass is 388 g/mol. The highest BCUT2D eigenvalue weighted by Crippen LogP contribution is 2.34. The van der Waals surface area contributed by atoms with Gasteiger partial charge in [-0.1, -0.05) is 22.6 Å². The molecule has 1 unspecified atom stereocenters. The van der Waals surface area contributed by atoms with E-state index in [1.807, 2.05) is 11.3 Å². The molecule has 1 aromatic heterocycles. The lowest BCUT2D eigenvalue weighted by Gasteiger charge is -2.19. The van der Waals surface area contributed by atoms with Gasteiger partial charge in [0.15, 0.2) is 4.80 Å². The van der Waals surface area contributed by atoms with Crippen molar-refractivity contribution in [2.75, 3.05) is 0 Å². The van der Waals surface area contributed by atoms with Crippen LogP contribution < -0.4 is 4.80 Å². The Labute approximate surface area is 135 Å². The molecule has 2 radical (unpaired) electrons. The summed E-state index contributed by atoms with van der Waals surface area (Å²) in [5, 5.41) is 0. The summed E-state index contributed by atoms with van der Waals surface area (Å²) >= 11 is 4.27. The molecule has 0 aromatic carbocycles. The number of alkyl halides is 1. The second kappa shape index (κ2) is 5.92. The number of nitrogens with zero attached hydrogens (tertiary/aromatic N) is 2. The van der Waals surface area contributed by atoms with Gasteiger partial charge in [-0.3, -0.25) is 4.99 Å². The van der Waals surface area contributed by atoms with Crippen molar-refractivity contribution in [2.45, 2.75) is 68.8 Å². The summed E-state index contributed by atoms with van der Waals surface area (Å²) in [6.07, 6.45) is 4.40. The van der Waals surface area contributed by atoms with Crippen molar-refractivity contribution in [1.82, 2.24) is 4.57 Å². The molecule has 0 fully saturated rings. The van der Waals surface area contributed by atoms with Crippen LogP contribution in [0.4, 0.5) is 0 Å². The smallest absolute Gasteiger partial charge is 0.185 e. The van der Waals surface area contributed by atoms with Crippen LogP contribution in [0.15, 0.2) is 4.99 Å². The molecule has 2 nitrogen and oxygen atoms in total. The van der Waals surface area contributed by atoms with Gasteiger partial charge in [0.25, 0.3) is 0 Å². The fraction of sp³-hybridized carbons (Fsp3) is 0.786. The largest absolute Gasteiger partial charge is 0.318 e. The summed E-state index contributed by atoms with van der Waals surface area (Å²) in [4.78, 5) is 7.42. The molecule has 1 heterocycles. The summed E-state index contributed by atoms with van der Waals surface area (Å²) in [7, 11) is 6.38. The first-order valence-electron chi connectivity index (χ1n) is 7.05. The van der Waals surface area contributed by atoms with E-state index in [0.29, 0.717) is 12.1 Å². The first kappa shape index (κ1) is 15.6. The Morgan fingerprint density at radius 1 is 1.37 bits per heavy atom. The first-order valence-corrected chi connectivity index (χ1v) is 8.94. The van der Waals surface area contributed by atoms with E-state index in [1.165, 1.54) is 21.8 Å². The van der Waals surface area contributed by atoms with Crippen molar-refractivity contribution < 1.29 is 0 Å². The Kier molecular flexibility index (Phi) is 4.86. The number of fused-ring (bicyclic) bond motifs is 1. The summed E-state index contributed by atoms with van der Waals surface area (Å²) in [5.74, 6) is 0. The van der Waals surface area contributed by atoms with Crippen molar-refractivity contribution in [3.8, 4) is 0 Å². The number of hydrogen-bond acceptors (Lipinski definition) is 2. The minimum atomic E-state index is -0.0855. The van der Waals surface area contributed by atoms with E-state index in [4.69, 9.17) is 12.8 Å². The fourth-order valence-corrected chi connectivity index (χ4v) is 5.19. The molecule has 1 atom stereocenters. The highest BCUT2D eigenvalue weighted by molar-refractivity contribution is 14.1. The quantitative estimate of drug-likeness (QED) is 0.319. The molecular weight excluding hydrogens is 366 g/mol. The summed E-state index contributed by atoms with van der Waals surface area (Å²) in [6.45, 7) is 8.77. The molecule has 104 valence electrons. The molecule has 1 aromatic rings. The van der Waals surface area contributed by atoms with Gasteiger partial charge in [0, 0.05) is 22.7 Å². The third kappa shape index (κ3) is 3.66. The average molecular weight is 388 g/mol. The van der Waals surface area contributed by atoms with Crippen LogP contribution in [0, 0.1) is 0 Å². The third-order valence-corrected chi connectivity index (χ3v) is 5.41. The molecular formula is C14H22BIN2S. The van der Waals surface area contributed by atoms with Gasteiger partial charge >= 0.3 is 0 Å². The minimum absolute atomic E-state index is 0.0855. The lowest BCUT2D eigenvalue weighted by atomic mass is 9.81. The van der Waals surface area contributed by atoms with Crippen LogP contribution in [0.3, 0.4) is 0 Å². The zero-order chi connectivity index (χ0) is 14.2. The maximum Gasteiger partial charge on any atom is 0.185 e. The molecule has 0 bridgehead atoms. The Balaban J connectivity index is 2.56. The standard InChI is InChI=1S/C14H22BIN2S/c1-9(2)17-13-18(10(3)4)11-6-5-7-14(15,16)8-12(11)19-13/h9-10H,5-8H2,1-4H3. The molecule has 0 N–H and O–H groups in total. The van der Waals surface area contributed by atoms with Crippen LogP contribution in [0.25, 0.3) is 0 Å². The zero-order valence-electron chi connectivity index (χ0n) is 12.2. The van der Waals surface area contributed by atoms with Gasteiger partial charge in [0.2, 0.25) is 0 Å². The summed E-state index contributed by atoms with van der Waals surface area (Å²) < 4.78 is 2.34. The SMILES string of the molecule is [B]C1(I)CCCc2c(sc(=NC(C)C)n2C(C)C)C1. The Hall–Kier alpha value is 0.225. The lowest BCUT2D eigenvalue weighted by molar-refractivity contribution is 0.543. The maximum atomic E-state index is 6.38. The molecule has 19 heavy (non-hydrogen) atoms. The third-order valence-electron chi connectivity index (χ3n) is 3.38. The van der Waals surface area contributed by atoms with Crippen molar-refractivity contribution in [3.63, 3.8) is 0 Å². The van der Waals surface area contributed by atoms with E-state index in [9.17, 15) is 0 Å². The van der Waals surface area contributed by atoms with Gasteiger partial charge in [-0.2, -0.15) is 0 Å². The van der Waals surface area contributed by atoms with E-state index >= 15 is 0 Å². The van der Waals surface area contributed by atoms with Crippen LogP contribution in [0.2, 0.25) is 0 Å². The summed E-state index contributed by atoms with van der Waals surface area (Å²) in [5.41, 5.74) is 1.48. The normalized spacial score (nSPS) is 24.9. The van der Waals surface area contributed by atoms with Gasteiger partial charge in [-0.25, -0.2) is 0 Å². The number of halogens is 1. The van der Waals surface area contributed by atoms with E-state index < -0.39 is 0 Å². The van der Waals surface area contributed by atoms with Gasteiger partial charge in [-0.05, 0) is 56.7 Å². The summed E-state index contributed by atoms with van der Waals surface area (Å²) in [6, 6.07) is 0.812. The van der Waals surface area contributed by atoms with Crippen LogP contribution in [-0.4, -0.2) is 21.8 Å². The van der Waals surface area contributed by atoms with E-state index in [1.54, 1.807) is 0 Å². The van der Waals surface area contributed by atoms with E-state index in [-0.39, 0.29) is 3.32 Å². The molecule has 1 aliphatic rings. The first-order chi connectivity index (χ1) is 8.80. The number of thiazole rings is 1. The van der Waals surface area contributed by atoms with Crippen LogP contribution in [0.1, 0.15) is 57.1 Å². The van der Waals surface area contributed by atoms with E-state index in [0.717, 1.165) is 19.3 Å². The van der Waals surface area contributed by atoms with Crippen molar-refractivity contribution in [3.05, 3.63) is 15.4 Å². The Morgan fingerprint density at radius 2 is 2.05 bits per heavy atom.